The number of halogens is 2. The monoisotopic (exact) mass is 309 g/mol. The predicted octanol–water partition coefficient (Wildman–Crippen LogP) is 2.33. The molecule has 0 bridgehead atoms. The number of nitriles is 1. The summed E-state index contributed by atoms with van der Waals surface area (Å²) in [6, 6.07) is 4.55. The van der Waals surface area contributed by atoms with E-state index in [0.29, 0.717) is 26.2 Å². The molecule has 0 aliphatic carbocycles. The Hall–Kier alpha value is -2.46. The van der Waals surface area contributed by atoms with Crippen LogP contribution in [0.3, 0.4) is 0 Å². The van der Waals surface area contributed by atoms with Crippen molar-refractivity contribution in [1.29, 1.82) is 5.26 Å². The summed E-state index contributed by atoms with van der Waals surface area (Å²) < 4.78 is 31.5. The van der Waals surface area contributed by atoms with E-state index in [1.807, 2.05) is 6.92 Å². The predicted molar refractivity (Wildman–Crippen MR) is 77.8 cm³/mol. The van der Waals surface area contributed by atoms with Crippen LogP contribution in [-0.4, -0.2) is 25.7 Å². The third kappa shape index (κ3) is 5.89. The molecule has 1 aromatic rings. The smallest absolute Gasteiger partial charge is 0.263 e. The van der Waals surface area contributed by atoms with Crippen molar-refractivity contribution in [3.8, 4) is 6.07 Å². The van der Waals surface area contributed by atoms with Gasteiger partial charge in [0.15, 0.2) is 0 Å². The molecule has 118 valence electrons. The minimum absolute atomic E-state index is 0.156. The quantitative estimate of drug-likeness (QED) is 0.439. The summed E-state index contributed by atoms with van der Waals surface area (Å²) in [5, 5.41) is 13.9. The van der Waals surface area contributed by atoms with E-state index < -0.39 is 17.5 Å². The van der Waals surface area contributed by atoms with Gasteiger partial charge in [-0.15, -0.1) is 0 Å². The van der Waals surface area contributed by atoms with Crippen LogP contribution in [0.5, 0.6) is 0 Å². The van der Waals surface area contributed by atoms with Crippen LogP contribution in [0.15, 0.2) is 30.0 Å². The van der Waals surface area contributed by atoms with Gasteiger partial charge < -0.3 is 15.4 Å². The van der Waals surface area contributed by atoms with Gasteiger partial charge in [-0.05, 0) is 25.5 Å². The normalized spacial score (nSPS) is 10.9. The molecule has 1 rings (SSSR count). The molecular formula is C15H17F2N3O2. The van der Waals surface area contributed by atoms with Gasteiger partial charge in [0.2, 0.25) is 0 Å². The maximum atomic E-state index is 13.4. The number of nitrogens with zero attached hydrogens (tertiary/aromatic N) is 1. The number of hydrogen-bond donors (Lipinski definition) is 2. The molecule has 0 saturated carbocycles. The van der Waals surface area contributed by atoms with Gasteiger partial charge in [0.25, 0.3) is 5.91 Å². The molecule has 0 radical (unpaired) electrons. The Kier molecular flexibility index (Phi) is 7.57. The highest BCUT2D eigenvalue weighted by Crippen LogP contribution is 2.15. The number of nitrogens with one attached hydrogen (secondary N) is 2. The van der Waals surface area contributed by atoms with Crippen molar-refractivity contribution in [3.05, 3.63) is 41.6 Å². The van der Waals surface area contributed by atoms with Crippen LogP contribution in [0.25, 0.3) is 0 Å². The zero-order valence-corrected chi connectivity index (χ0v) is 12.2. The van der Waals surface area contributed by atoms with Crippen LogP contribution < -0.4 is 10.6 Å². The third-order valence-corrected chi connectivity index (χ3v) is 2.62. The van der Waals surface area contributed by atoms with Gasteiger partial charge in [-0.25, -0.2) is 8.78 Å². The summed E-state index contributed by atoms with van der Waals surface area (Å²) in [5.74, 6) is -1.91. The van der Waals surface area contributed by atoms with Crippen LogP contribution in [0.1, 0.15) is 13.3 Å². The van der Waals surface area contributed by atoms with Gasteiger partial charge in [0, 0.05) is 32.0 Å². The summed E-state index contributed by atoms with van der Waals surface area (Å²) in [4.78, 5) is 11.7. The maximum absolute atomic E-state index is 13.4. The second kappa shape index (κ2) is 9.47. The molecule has 22 heavy (non-hydrogen) atoms. The van der Waals surface area contributed by atoms with E-state index in [4.69, 9.17) is 10.00 Å². The summed E-state index contributed by atoms with van der Waals surface area (Å²) in [6.45, 7) is 3.33. The van der Waals surface area contributed by atoms with Crippen molar-refractivity contribution >= 4 is 11.6 Å². The fourth-order valence-corrected chi connectivity index (χ4v) is 1.52. The summed E-state index contributed by atoms with van der Waals surface area (Å²) in [6.07, 6.45) is 1.65. The lowest BCUT2D eigenvalue weighted by Gasteiger charge is -2.06. The van der Waals surface area contributed by atoms with Crippen LogP contribution >= 0.6 is 0 Å². The first kappa shape index (κ1) is 17.6. The second-order valence-electron chi connectivity index (χ2n) is 4.24. The van der Waals surface area contributed by atoms with Gasteiger partial charge in [0.1, 0.15) is 23.3 Å². The first-order chi connectivity index (χ1) is 10.6. The number of rotatable bonds is 8. The van der Waals surface area contributed by atoms with Gasteiger partial charge in [0.05, 0.1) is 5.69 Å². The molecule has 0 atom stereocenters. The second-order valence-corrected chi connectivity index (χ2v) is 4.24. The van der Waals surface area contributed by atoms with E-state index in [1.165, 1.54) is 0 Å². The molecular weight excluding hydrogens is 292 g/mol. The minimum Gasteiger partial charge on any atom is -0.382 e. The Balaban J connectivity index is 2.57. The molecule has 5 nitrogen and oxygen atoms in total. The zero-order valence-electron chi connectivity index (χ0n) is 12.2. The Morgan fingerprint density at radius 2 is 2.23 bits per heavy atom. The first-order valence-corrected chi connectivity index (χ1v) is 6.76. The van der Waals surface area contributed by atoms with E-state index in [9.17, 15) is 13.6 Å². The SMILES string of the molecule is CCOCCCNC(=O)/C(C#N)=C\Nc1cc(F)ccc1F. The molecule has 0 spiro atoms. The number of anilines is 1. The van der Waals surface area contributed by atoms with Crippen molar-refractivity contribution in [1.82, 2.24) is 5.32 Å². The summed E-state index contributed by atoms with van der Waals surface area (Å²) in [7, 11) is 0. The number of benzene rings is 1. The average Bonchev–Trinajstić information content (AvgIpc) is 2.51. The van der Waals surface area contributed by atoms with Crippen molar-refractivity contribution in [2.45, 2.75) is 13.3 Å². The molecule has 0 aliphatic heterocycles. The van der Waals surface area contributed by atoms with E-state index in [1.54, 1.807) is 6.07 Å². The molecule has 7 heteroatoms. The van der Waals surface area contributed by atoms with Gasteiger partial charge in [-0.3, -0.25) is 4.79 Å². The molecule has 0 saturated heterocycles. The lowest BCUT2D eigenvalue weighted by atomic mass is 10.2. The standard InChI is InChI=1S/C15H17F2N3O2/c1-2-22-7-3-6-19-15(21)11(9-18)10-20-14-8-12(16)4-5-13(14)17/h4-5,8,10,20H,2-3,6-7H2,1H3,(H,19,21)/b11-10-. The lowest BCUT2D eigenvalue weighted by Crippen LogP contribution is -2.26. The molecule has 0 aromatic heterocycles. The Bertz CT molecular complexity index is 583. The molecule has 0 unspecified atom stereocenters. The van der Waals surface area contributed by atoms with Crippen LogP contribution in [0.2, 0.25) is 0 Å². The number of amides is 1. The van der Waals surface area contributed by atoms with Gasteiger partial charge >= 0.3 is 0 Å². The third-order valence-electron chi connectivity index (χ3n) is 2.62. The van der Waals surface area contributed by atoms with E-state index >= 15 is 0 Å². The van der Waals surface area contributed by atoms with E-state index in [2.05, 4.69) is 10.6 Å². The molecule has 1 aromatic carbocycles. The Morgan fingerprint density at radius 1 is 1.45 bits per heavy atom. The molecule has 0 aliphatic rings. The van der Waals surface area contributed by atoms with Crippen LogP contribution in [0.4, 0.5) is 14.5 Å². The van der Waals surface area contributed by atoms with Crippen molar-refractivity contribution in [3.63, 3.8) is 0 Å². The zero-order chi connectivity index (χ0) is 16.4. The van der Waals surface area contributed by atoms with E-state index in [0.717, 1.165) is 24.4 Å². The van der Waals surface area contributed by atoms with E-state index in [-0.39, 0.29) is 11.3 Å². The van der Waals surface area contributed by atoms with Gasteiger partial charge in [-0.2, -0.15) is 5.26 Å². The number of hydrogen-bond acceptors (Lipinski definition) is 4. The average molecular weight is 309 g/mol. The van der Waals surface area contributed by atoms with Crippen LogP contribution in [-0.2, 0) is 9.53 Å². The van der Waals surface area contributed by atoms with Crippen molar-refractivity contribution in [2.75, 3.05) is 25.1 Å². The Labute approximate surface area is 127 Å². The largest absolute Gasteiger partial charge is 0.382 e. The number of ether oxygens (including phenoxy) is 1. The topological polar surface area (TPSA) is 74.1 Å². The minimum atomic E-state index is -0.688. The number of carbonyl (C=O) groups excluding carboxylic acids is 1. The lowest BCUT2D eigenvalue weighted by molar-refractivity contribution is -0.117. The van der Waals surface area contributed by atoms with Crippen molar-refractivity contribution < 1.29 is 18.3 Å². The fourth-order valence-electron chi connectivity index (χ4n) is 1.52. The van der Waals surface area contributed by atoms with Gasteiger partial charge in [-0.1, -0.05) is 0 Å². The molecule has 2 N–H and O–H groups in total. The maximum Gasteiger partial charge on any atom is 0.263 e. The highest BCUT2D eigenvalue weighted by molar-refractivity contribution is 5.97. The Morgan fingerprint density at radius 3 is 2.91 bits per heavy atom. The summed E-state index contributed by atoms with van der Waals surface area (Å²) >= 11 is 0. The first-order valence-electron chi connectivity index (χ1n) is 6.76. The van der Waals surface area contributed by atoms with Crippen LogP contribution in [0, 0.1) is 23.0 Å². The molecule has 0 heterocycles. The number of carbonyl (C=O) groups is 1. The fraction of sp³-hybridized carbons (Fsp3) is 0.333. The highest BCUT2D eigenvalue weighted by atomic mass is 19.1. The molecule has 1 amide bonds. The highest BCUT2D eigenvalue weighted by Gasteiger charge is 2.09. The molecule has 0 fully saturated rings. The van der Waals surface area contributed by atoms with Crippen molar-refractivity contribution in [2.24, 2.45) is 0 Å². The summed E-state index contributed by atoms with van der Waals surface area (Å²) in [5.41, 5.74) is -0.392.